The van der Waals surface area contributed by atoms with Crippen molar-refractivity contribution in [2.75, 3.05) is 6.54 Å². The Hall–Kier alpha value is -0.810. The van der Waals surface area contributed by atoms with Gasteiger partial charge in [-0.05, 0) is 18.3 Å². The number of amidine groups is 1. The molecule has 0 saturated heterocycles. The molecule has 0 aromatic heterocycles. The summed E-state index contributed by atoms with van der Waals surface area (Å²) in [6.07, 6.45) is 3.40. The van der Waals surface area contributed by atoms with Crippen LogP contribution in [0.5, 0.6) is 0 Å². The third kappa shape index (κ3) is 1.94. The van der Waals surface area contributed by atoms with Gasteiger partial charge in [0.25, 0.3) is 0 Å². The molecule has 0 bridgehead atoms. The van der Waals surface area contributed by atoms with Crippen LogP contribution in [0.15, 0.2) is 5.10 Å². The Morgan fingerprint density at radius 1 is 1.53 bits per heavy atom. The van der Waals surface area contributed by atoms with Crippen molar-refractivity contribution < 1.29 is 0 Å². The lowest BCUT2D eigenvalue weighted by Gasteiger charge is -2.20. The summed E-state index contributed by atoms with van der Waals surface area (Å²) in [5, 5.41) is 3.71. The maximum atomic E-state index is 5.83. The van der Waals surface area contributed by atoms with Gasteiger partial charge in [-0.2, -0.15) is 5.10 Å². The van der Waals surface area contributed by atoms with E-state index in [1.165, 1.54) is 12.8 Å². The average Bonchev–Trinajstić information content (AvgIpc) is 2.98. The Morgan fingerprint density at radius 3 is 2.47 bits per heavy atom. The predicted octanol–water partition coefficient (Wildman–Crippen LogP) is 0.123. The lowest BCUT2D eigenvalue weighted by atomic mass is 9.90. The van der Waals surface area contributed by atoms with Gasteiger partial charge in [-0.25, -0.2) is 5.84 Å². The van der Waals surface area contributed by atoms with E-state index < -0.39 is 0 Å². The minimum atomic E-state index is -0.0831. The molecule has 0 spiro atoms. The van der Waals surface area contributed by atoms with Gasteiger partial charge in [0.1, 0.15) is 5.84 Å². The molecule has 1 aliphatic carbocycles. The van der Waals surface area contributed by atoms with E-state index in [4.69, 9.17) is 17.4 Å². The maximum Gasteiger partial charge on any atom is 0.143 e. The molecule has 5 heteroatoms. The summed E-state index contributed by atoms with van der Waals surface area (Å²) in [4.78, 5) is 0. The molecule has 0 aliphatic heterocycles. The summed E-state index contributed by atoms with van der Waals surface area (Å²) in [6.45, 7) is 4.99. The first kappa shape index (κ1) is 12.3. The molecular formula is C10H23N5. The molecule has 1 aliphatic rings. The highest BCUT2D eigenvalue weighted by Gasteiger charge is 2.59. The summed E-state index contributed by atoms with van der Waals surface area (Å²) in [7, 11) is 0. The summed E-state index contributed by atoms with van der Waals surface area (Å²) in [5.41, 5.74) is 8.33. The van der Waals surface area contributed by atoms with Crippen LogP contribution in [-0.4, -0.2) is 12.4 Å². The minimum absolute atomic E-state index is 0.0831. The van der Waals surface area contributed by atoms with Gasteiger partial charge < -0.3 is 17.0 Å². The number of hydrogen-bond acceptors (Lipinski definition) is 4. The average molecular weight is 213 g/mol. The van der Waals surface area contributed by atoms with Gasteiger partial charge in [0.2, 0.25) is 0 Å². The van der Waals surface area contributed by atoms with Crippen molar-refractivity contribution in [1.29, 1.82) is 0 Å². The van der Waals surface area contributed by atoms with Gasteiger partial charge in [0.05, 0.1) is 0 Å². The molecule has 5 nitrogen and oxygen atoms in total. The van der Waals surface area contributed by atoms with E-state index in [0.29, 0.717) is 24.2 Å². The van der Waals surface area contributed by atoms with Crippen LogP contribution >= 0.6 is 0 Å². The molecule has 7 N–H and O–H groups in total. The van der Waals surface area contributed by atoms with Crippen molar-refractivity contribution in [2.24, 2.45) is 39.8 Å². The molecule has 1 saturated carbocycles. The highest BCUT2D eigenvalue weighted by molar-refractivity contribution is 5.90. The molecule has 2 atom stereocenters. The fourth-order valence-electron chi connectivity index (χ4n) is 2.72. The molecule has 88 valence electrons. The van der Waals surface area contributed by atoms with E-state index in [0.717, 1.165) is 6.42 Å². The topological polar surface area (TPSA) is 102 Å². The van der Waals surface area contributed by atoms with Crippen LogP contribution in [0, 0.1) is 17.3 Å². The van der Waals surface area contributed by atoms with Gasteiger partial charge in [0, 0.05) is 12.0 Å². The van der Waals surface area contributed by atoms with E-state index in [1.54, 1.807) is 0 Å². The van der Waals surface area contributed by atoms with E-state index in [-0.39, 0.29) is 5.41 Å². The lowest BCUT2D eigenvalue weighted by Crippen LogP contribution is -2.43. The molecule has 1 fully saturated rings. The van der Waals surface area contributed by atoms with Gasteiger partial charge in [-0.3, -0.25) is 0 Å². The summed E-state index contributed by atoms with van der Waals surface area (Å²) < 4.78 is 0. The smallest absolute Gasteiger partial charge is 0.143 e. The molecule has 0 aromatic carbocycles. The van der Waals surface area contributed by atoms with Crippen LogP contribution in [0.1, 0.15) is 33.1 Å². The summed E-state index contributed by atoms with van der Waals surface area (Å²) >= 11 is 0. The normalized spacial score (nSPS) is 30.7. The molecular weight excluding hydrogens is 190 g/mol. The predicted molar refractivity (Wildman–Crippen MR) is 62.6 cm³/mol. The zero-order valence-electron chi connectivity index (χ0n) is 9.66. The Bertz CT molecular complexity index is 236. The Balaban J connectivity index is 2.76. The van der Waals surface area contributed by atoms with Crippen LogP contribution in [0.4, 0.5) is 0 Å². The Labute approximate surface area is 91.4 Å². The minimum Gasteiger partial charge on any atom is -0.329 e. The first-order valence-corrected chi connectivity index (χ1v) is 5.65. The first-order chi connectivity index (χ1) is 7.19. The van der Waals surface area contributed by atoms with Crippen molar-refractivity contribution in [3.63, 3.8) is 0 Å². The van der Waals surface area contributed by atoms with Crippen LogP contribution in [-0.2, 0) is 0 Å². The maximum absolute atomic E-state index is 5.83. The van der Waals surface area contributed by atoms with Crippen molar-refractivity contribution in [3.05, 3.63) is 0 Å². The quantitative estimate of drug-likeness (QED) is 0.225. The molecule has 1 rings (SSSR count). The number of nitrogens with one attached hydrogen (secondary N) is 1. The molecule has 0 amide bonds. The summed E-state index contributed by atoms with van der Waals surface area (Å²) in [6, 6.07) is 0. The van der Waals surface area contributed by atoms with Gasteiger partial charge in [-0.15, -0.1) is 0 Å². The molecule has 0 radical (unpaired) electrons. The number of hydrazine groups is 1. The summed E-state index contributed by atoms with van der Waals surface area (Å²) in [5.74, 6) is 12.7. The van der Waals surface area contributed by atoms with Crippen molar-refractivity contribution in [1.82, 2.24) is 5.43 Å². The monoisotopic (exact) mass is 213 g/mol. The molecule has 0 aromatic rings. The van der Waals surface area contributed by atoms with E-state index in [2.05, 4.69) is 24.4 Å². The lowest BCUT2D eigenvalue weighted by molar-refractivity contribution is 0.386. The SMILES string of the molecule is CCC(CC)C1CC1(CN)/C(=N/N)NN. The van der Waals surface area contributed by atoms with Crippen molar-refractivity contribution in [2.45, 2.75) is 33.1 Å². The van der Waals surface area contributed by atoms with Crippen molar-refractivity contribution >= 4 is 5.84 Å². The van der Waals surface area contributed by atoms with Crippen LogP contribution in [0.3, 0.4) is 0 Å². The van der Waals surface area contributed by atoms with Crippen LogP contribution in [0.2, 0.25) is 0 Å². The molecule has 15 heavy (non-hydrogen) atoms. The third-order valence-corrected chi connectivity index (χ3v) is 3.85. The Morgan fingerprint density at radius 2 is 2.13 bits per heavy atom. The second-order valence-electron chi connectivity index (χ2n) is 4.37. The van der Waals surface area contributed by atoms with E-state index in [9.17, 15) is 0 Å². The van der Waals surface area contributed by atoms with Gasteiger partial charge in [0.15, 0.2) is 0 Å². The van der Waals surface area contributed by atoms with Crippen LogP contribution in [0.25, 0.3) is 0 Å². The third-order valence-electron chi connectivity index (χ3n) is 3.85. The highest BCUT2D eigenvalue weighted by Crippen LogP contribution is 2.57. The standard InChI is InChI=1S/C10H23N5/c1-3-7(4-2)8-5-10(8,6-11)9(14-12)15-13/h7-8H,3-6,11-13H2,1-2H3,(H,14,15). The highest BCUT2D eigenvalue weighted by atomic mass is 15.3. The zero-order valence-corrected chi connectivity index (χ0v) is 9.66. The zero-order chi connectivity index (χ0) is 11.5. The van der Waals surface area contributed by atoms with Gasteiger partial charge in [-0.1, -0.05) is 26.7 Å². The number of nitrogens with two attached hydrogens (primary N) is 3. The fourth-order valence-corrected chi connectivity index (χ4v) is 2.72. The molecule has 0 heterocycles. The van der Waals surface area contributed by atoms with Crippen LogP contribution < -0.4 is 22.8 Å². The van der Waals surface area contributed by atoms with E-state index in [1.807, 2.05) is 0 Å². The second kappa shape index (κ2) is 4.81. The Kier molecular flexibility index (Phi) is 3.93. The molecule has 2 unspecified atom stereocenters. The van der Waals surface area contributed by atoms with E-state index >= 15 is 0 Å². The largest absolute Gasteiger partial charge is 0.329 e. The number of hydrogen-bond donors (Lipinski definition) is 4. The number of nitrogens with zero attached hydrogens (tertiary/aromatic N) is 1. The van der Waals surface area contributed by atoms with Gasteiger partial charge >= 0.3 is 0 Å². The number of rotatable bonds is 5. The fraction of sp³-hybridized carbons (Fsp3) is 0.900. The second-order valence-corrected chi connectivity index (χ2v) is 4.37. The first-order valence-electron chi connectivity index (χ1n) is 5.65. The number of hydrazone groups is 1. The van der Waals surface area contributed by atoms with Crippen molar-refractivity contribution in [3.8, 4) is 0 Å².